The van der Waals surface area contributed by atoms with Gasteiger partial charge in [-0.2, -0.15) is 0 Å². The van der Waals surface area contributed by atoms with E-state index in [0.29, 0.717) is 0 Å². The van der Waals surface area contributed by atoms with Crippen LogP contribution in [0.2, 0.25) is 0 Å². The van der Waals surface area contributed by atoms with Crippen LogP contribution in [0.3, 0.4) is 0 Å². The van der Waals surface area contributed by atoms with Crippen molar-refractivity contribution in [2.45, 2.75) is 39.8 Å². The SMILES string of the molecule is CCNC(=NCCCn1cnc2ccccc21)NCCn1cnnc1CC. The molecule has 0 atom stereocenters. The summed E-state index contributed by atoms with van der Waals surface area (Å²) >= 11 is 0. The topological polar surface area (TPSA) is 85.0 Å². The number of aromatic nitrogens is 5. The molecule has 0 amide bonds. The second-order valence-corrected chi connectivity index (χ2v) is 6.26. The molecule has 2 aromatic heterocycles. The van der Waals surface area contributed by atoms with Crippen LogP contribution in [-0.2, 0) is 19.5 Å². The predicted molar refractivity (Wildman–Crippen MR) is 108 cm³/mol. The van der Waals surface area contributed by atoms with Crippen molar-refractivity contribution in [3.05, 3.63) is 42.7 Å². The predicted octanol–water partition coefficient (Wildman–Crippen LogP) is 1.84. The summed E-state index contributed by atoms with van der Waals surface area (Å²) in [6.45, 7) is 8.26. The quantitative estimate of drug-likeness (QED) is 0.342. The maximum atomic E-state index is 4.67. The van der Waals surface area contributed by atoms with Crippen LogP contribution in [0.15, 0.2) is 41.9 Å². The highest BCUT2D eigenvalue weighted by Gasteiger charge is 2.03. The van der Waals surface area contributed by atoms with E-state index in [9.17, 15) is 0 Å². The van der Waals surface area contributed by atoms with Crippen LogP contribution in [0.1, 0.15) is 26.1 Å². The standard InChI is InChI=1S/C19H28N8/c1-3-18-25-24-15-27(18)13-11-22-19(20-4-2)21-10-7-12-26-14-23-16-8-5-6-9-17(16)26/h5-6,8-9,14-15H,3-4,7,10-13H2,1-2H3,(H2,20,21,22). The molecule has 1 aromatic carbocycles. The van der Waals surface area contributed by atoms with E-state index < -0.39 is 0 Å². The molecule has 0 unspecified atom stereocenters. The van der Waals surface area contributed by atoms with Gasteiger partial charge in [0.2, 0.25) is 0 Å². The van der Waals surface area contributed by atoms with E-state index in [1.807, 2.05) is 24.5 Å². The van der Waals surface area contributed by atoms with Crippen molar-refractivity contribution in [3.8, 4) is 0 Å². The maximum absolute atomic E-state index is 4.67. The molecule has 0 spiro atoms. The number of para-hydroxylation sites is 2. The van der Waals surface area contributed by atoms with Gasteiger partial charge in [0.25, 0.3) is 0 Å². The number of guanidine groups is 1. The van der Waals surface area contributed by atoms with Gasteiger partial charge >= 0.3 is 0 Å². The summed E-state index contributed by atoms with van der Waals surface area (Å²) in [4.78, 5) is 9.11. The van der Waals surface area contributed by atoms with Crippen LogP contribution in [0.25, 0.3) is 11.0 Å². The van der Waals surface area contributed by atoms with Gasteiger partial charge in [0.05, 0.1) is 17.4 Å². The lowest BCUT2D eigenvalue weighted by molar-refractivity contribution is 0.628. The van der Waals surface area contributed by atoms with Gasteiger partial charge in [0.15, 0.2) is 5.96 Å². The van der Waals surface area contributed by atoms with Crippen molar-refractivity contribution in [2.75, 3.05) is 19.6 Å². The molecule has 27 heavy (non-hydrogen) atoms. The lowest BCUT2D eigenvalue weighted by Crippen LogP contribution is -2.39. The van der Waals surface area contributed by atoms with Crippen LogP contribution in [0, 0.1) is 0 Å². The molecule has 3 rings (SSSR count). The first-order chi connectivity index (χ1) is 13.3. The first-order valence-corrected chi connectivity index (χ1v) is 9.60. The summed E-state index contributed by atoms with van der Waals surface area (Å²) in [7, 11) is 0. The molecule has 0 saturated heterocycles. The van der Waals surface area contributed by atoms with Gasteiger partial charge < -0.3 is 19.8 Å². The van der Waals surface area contributed by atoms with Crippen molar-refractivity contribution in [1.82, 2.24) is 34.9 Å². The molecule has 2 N–H and O–H groups in total. The first kappa shape index (κ1) is 18.9. The Bertz CT molecular complexity index is 863. The van der Waals surface area contributed by atoms with E-state index in [-0.39, 0.29) is 0 Å². The minimum atomic E-state index is 0.759. The number of fused-ring (bicyclic) bond motifs is 1. The van der Waals surface area contributed by atoms with Crippen LogP contribution < -0.4 is 10.6 Å². The second-order valence-electron chi connectivity index (χ2n) is 6.26. The summed E-state index contributed by atoms with van der Waals surface area (Å²) in [6, 6.07) is 8.21. The van der Waals surface area contributed by atoms with E-state index in [1.165, 1.54) is 5.52 Å². The fourth-order valence-electron chi connectivity index (χ4n) is 3.00. The Balaban J connectivity index is 1.47. The zero-order valence-electron chi connectivity index (χ0n) is 16.1. The van der Waals surface area contributed by atoms with Crippen LogP contribution >= 0.6 is 0 Å². The number of benzene rings is 1. The molecule has 2 heterocycles. The third-order valence-electron chi connectivity index (χ3n) is 4.36. The third-order valence-corrected chi connectivity index (χ3v) is 4.36. The molecule has 8 heteroatoms. The number of aryl methyl sites for hydroxylation is 2. The van der Waals surface area contributed by atoms with Crippen LogP contribution in [0.5, 0.6) is 0 Å². The number of rotatable bonds is 9. The van der Waals surface area contributed by atoms with Gasteiger partial charge in [-0.25, -0.2) is 4.98 Å². The molecule has 0 aliphatic rings. The molecule has 0 aliphatic carbocycles. The summed E-state index contributed by atoms with van der Waals surface area (Å²) < 4.78 is 4.25. The average molecular weight is 368 g/mol. The lowest BCUT2D eigenvalue weighted by Gasteiger charge is -2.12. The smallest absolute Gasteiger partial charge is 0.191 e. The van der Waals surface area contributed by atoms with Gasteiger partial charge in [0.1, 0.15) is 12.2 Å². The fourth-order valence-corrected chi connectivity index (χ4v) is 3.00. The molecule has 0 saturated carbocycles. The van der Waals surface area contributed by atoms with E-state index in [4.69, 9.17) is 0 Å². The van der Waals surface area contributed by atoms with E-state index in [1.54, 1.807) is 6.33 Å². The van der Waals surface area contributed by atoms with Crippen LogP contribution in [-0.4, -0.2) is 49.9 Å². The third kappa shape index (κ3) is 5.06. The lowest BCUT2D eigenvalue weighted by atomic mass is 10.3. The van der Waals surface area contributed by atoms with Gasteiger partial charge in [0, 0.05) is 39.1 Å². The number of hydrogen-bond donors (Lipinski definition) is 2. The zero-order valence-corrected chi connectivity index (χ0v) is 16.1. The Morgan fingerprint density at radius 1 is 1.07 bits per heavy atom. The minimum Gasteiger partial charge on any atom is -0.357 e. The molecule has 0 bridgehead atoms. The van der Waals surface area contributed by atoms with Crippen LogP contribution in [0.4, 0.5) is 0 Å². The Hall–Kier alpha value is -2.90. The van der Waals surface area contributed by atoms with Crippen molar-refractivity contribution in [2.24, 2.45) is 4.99 Å². The Morgan fingerprint density at radius 3 is 2.81 bits per heavy atom. The minimum absolute atomic E-state index is 0.759. The highest BCUT2D eigenvalue weighted by atomic mass is 15.3. The number of hydrogen-bond acceptors (Lipinski definition) is 4. The first-order valence-electron chi connectivity index (χ1n) is 9.60. The zero-order chi connectivity index (χ0) is 18.9. The normalized spacial score (nSPS) is 11.9. The number of nitrogens with one attached hydrogen (secondary N) is 2. The van der Waals surface area contributed by atoms with Crippen molar-refractivity contribution in [1.29, 1.82) is 0 Å². The molecule has 0 radical (unpaired) electrons. The number of nitrogens with zero attached hydrogens (tertiary/aromatic N) is 6. The molecule has 0 aliphatic heterocycles. The average Bonchev–Trinajstić information content (AvgIpc) is 3.32. The Labute approximate surface area is 159 Å². The molecule has 0 fully saturated rings. The van der Waals surface area contributed by atoms with Gasteiger partial charge in [-0.15, -0.1) is 10.2 Å². The van der Waals surface area contributed by atoms with Crippen molar-refractivity contribution in [3.63, 3.8) is 0 Å². The molecular formula is C19H28N8. The summed E-state index contributed by atoms with van der Waals surface area (Å²) in [5.41, 5.74) is 2.21. The van der Waals surface area contributed by atoms with Crippen molar-refractivity contribution >= 4 is 17.0 Å². The van der Waals surface area contributed by atoms with E-state index in [2.05, 4.69) is 59.9 Å². The largest absolute Gasteiger partial charge is 0.357 e. The fraction of sp³-hybridized carbons (Fsp3) is 0.474. The summed E-state index contributed by atoms with van der Waals surface area (Å²) in [5.74, 6) is 1.85. The van der Waals surface area contributed by atoms with Gasteiger partial charge in [-0.1, -0.05) is 19.1 Å². The highest BCUT2D eigenvalue weighted by molar-refractivity contribution is 5.79. The Morgan fingerprint density at radius 2 is 1.96 bits per heavy atom. The van der Waals surface area contributed by atoms with Gasteiger partial charge in [-0.05, 0) is 25.5 Å². The maximum Gasteiger partial charge on any atom is 0.191 e. The van der Waals surface area contributed by atoms with Gasteiger partial charge in [-0.3, -0.25) is 4.99 Å². The second kappa shape index (κ2) is 9.70. The van der Waals surface area contributed by atoms with E-state index >= 15 is 0 Å². The summed E-state index contributed by atoms with van der Waals surface area (Å²) in [6.07, 6.45) is 5.53. The molecule has 3 aromatic rings. The summed E-state index contributed by atoms with van der Waals surface area (Å²) in [5, 5.41) is 14.7. The van der Waals surface area contributed by atoms with Crippen molar-refractivity contribution < 1.29 is 0 Å². The number of aliphatic imine (C=N–C) groups is 1. The monoisotopic (exact) mass is 368 g/mol. The molecular weight excluding hydrogens is 340 g/mol. The Kier molecular flexibility index (Phi) is 6.78. The van der Waals surface area contributed by atoms with E-state index in [0.717, 1.165) is 62.9 Å². The highest BCUT2D eigenvalue weighted by Crippen LogP contribution is 2.11. The number of imidazole rings is 1. The molecule has 8 nitrogen and oxygen atoms in total. The molecule has 144 valence electrons.